The molecule has 1 saturated carbocycles. The van der Waals surface area contributed by atoms with E-state index in [0.29, 0.717) is 24.8 Å². The Morgan fingerprint density at radius 2 is 2.14 bits per heavy atom. The second kappa shape index (κ2) is 5.25. The maximum atomic E-state index is 12.2. The van der Waals surface area contributed by atoms with E-state index in [1.807, 2.05) is 18.2 Å². The summed E-state index contributed by atoms with van der Waals surface area (Å²) >= 11 is 0. The summed E-state index contributed by atoms with van der Waals surface area (Å²) in [5.74, 6) is 1.63. The molecule has 0 unspecified atom stereocenters. The number of aromatic hydroxyl groups is 1. The van der Waals surface area contributed by atoms with Gasteiger partial charge in [0.1, 0.15) is 11.6 Å². The zero-order valence-corrected chi connectivity index (χ0v) is 12.4. The fourth-order valence-electron chi connectivity index (χ4n) is 3.08. The third-order valence-corrected chi connectivity index (χ3v) is 4.52. The first kappa shape index (κ1) is 13.5. The molecule has 114 valence electrons. The van der Waals surface area contributed by atoms with Gasteiger partial charge in [-0.05, 0) is 25.3 Å². The molecule has 2 aromatic rings. The molecule has 22 heavy (non-hydrogen) atoms. The normalized spacial score (nSPS) is 18.2. The highest BCUT2D eigenvalue weighted by molar-refractivity contribution is 5.32. The molecule has 0 amide bonds. The predicted octanol–water partition coefficient (Wildman–Crippen LogP) is 1.91. The Hall–Kier alpha value is -2.14. The molecule has 0 radical (unpaired) electrons. The largest absolute Gasteiger partial charge is 0.508 e. The van der Waals surface area contributed by atoms with Crippen molar-refractivity contribution < 1.29 is 5.11 Å². The van der Waals surface area contributed by atoms with Gasteiger partial charge in [0.25, 0.3) is 5.56 Å². The van der Waals surface area contributed by atoms with E-state index in [4.69, 9.17) is 4.98 Å². The Bertz CT molecular complexity index is 765. The number of rotatable bonds is 3. The van der Waals surface area contributed by atoms with Crippen LogP contribution < -0.4 is 5.56 Å². The summed E-state index contributed by atoms with van der Waals surface area (Å²) in [7, 11) is 0. The van der Waals surface area contributed by atoms with E-state index in [9.17, 15) is 9.90 Å². The Morgan fingerprint density at radius 1 is 1.32 bits per heavy atom. The smallest absolute Gasteiger partial charge is 0.254 e. The van der Waals surface area contributed by atoms with Gasteiger partial charge in [0.05, 0.1) is 5.69 Å². The van der Waals surface area contributed by atoms with Crippen LogP contribution in [0, 0.1) is 0 Å². The van der Waals surface area contributed by atoms with E-state index in [0.717, 1.165) is 48.5 Å². The van der Waals surface area contributed by atoms with Crippen LogP contribution in [-0.4, -0.2) is 26.5 Å². The van der Waals surface area contributed by atoms with E-state index in [2.05, 4.69) is 9.88 Å². The van der Waals surface area contributed by atoms with Crippen LogP contribution >= 0.6 is 0 Å². The molecule has 0 spiro atoms. The first-order valence-electron chi connectivity index (χ1n) is 7.82. The quantitative estimate of drug-likeness (QED) is 0.908. The van der Waals surface area contributed by atoms with Gasteiger partial charge in [0.15, 0.2) is 0 Å². The van der Waals surface area contributed by atoms with Crippen LogP contribution in [0.2, 0.25) is 0 Å². The number of phenols is 1. The molecule has 1 aliphatic heterocycles. The van der Waals surface area contributed by atoms with Crippen molar-refractivity contribution in [1.29, 1.82) is 0 Å². The maximum Gasteiger partial charge on any atom is 0.254 e. The van der Waals surface area contributed by atoms with Gasteiger partial charge < -0.3 is 10.1 Å². The van der Waals surface area contributed by atoms with E-state index < -0.39 is 0 Å². The van der Waals surface area contributed by atoms with E-state index in [-0.39, 0.29) is 5.56 Å². The lowest BCUT2D eigenvalue weighted by Gasteiger charge is -2.28. The second-order valence-corrected chi connectivity index (χ2v) is 6.24. The molecule has 0 atom stereocenters. The predicted molar refractivity (Wildman–Crippen MR) is 82.8 cm³/mol. The third-order valence-electron chi connectivity index (χ3n) is 4.52. The number of benzene rings is 1. The zero-order chi connectivity index (χ0) is 15.1. The van der Waals surface area contributed by atoms with Crippen LogP contribution in [0.1, 0.15) is 41.4 Å². The minimum absolute atomic E-state index is 0.0362. The van der Waals surface area contributed by atoms with Crippen LogP contribution in [0.25, 0.3) is 0 Å². The van der Waals surface area contributed by atoms with Crippen molar-refractivity contribution in [2.45, 2.75) is 38.3 Å². The molecule has 1 aliphatic carbocycles. The number of H-pyrrole nitrogens is 1. The van der Waals surface area contributed by atoms with E-state index in [1.165, 1.54) is 0 Å². The Kier molecular flexibility index (Phi) is 3.22. The number of hydrogen-bond donors (Lipinski definition) is 2. The molecule has 2 heterocycles. The van der Waals surface area contributed by atoms with Crippen LogP contribution in [0.5, 0.6) is 5.75 Å². The van der Waals surface area contributed by atoms with Gasteiger partial charge in [-0.2, -0.15) is 0 Å². The van der Waals surface area contributed by atoms with Crippen molar-refractivity contribution in [3.63, 3.8) is 0 Å². The molecule has 1 aromatic heterocycles. The third kappa shape index (κ3) is 2.52. The molecule has 0 saturated heterocycles. The van der Waals surface area contributed by atoms with Crippen LogP contribution in [-0.2, 0) is 19.5 Å². The van der Waals surface area contributed by atoms with Crippen LogP contribution in [0.4, 0.5) is 0 Å². The minimum Gasteiger partial charge on any atom is -0.508 e. The molecule has 5 heteroatoms. The van der Waals surface area contributed by atoms with Gasteiger partial charge in [-0.15, -0.1) is 0 Å². The van der Waals surface area contributed by atoms with Gasteiger partial charge in [-0.3, -0.25) is 9.69 Å². The lowest BCUT2D eigenvalue weighted by atomic mass is 10.1. The summed E-state index contributed by atoms with van der Waals surface area (Å²) in [5, 5.41) is 9.91. The van der Waals surface area contributed by atoms with Crippen molar-refractivity contribution >= 4 is 0 Å². The molecule has 0 bridgehead atoms. The van der Waals surface area contributed by atoms with Crippen LogP contribution in [0.3, 0.4) is 0 Å². The molecule has 1 aromatic carbocycles. The molecule has 2 aliphatic rings. The molecule has 5 nitrogen and oxygen atoms in total. The Labute approximate surface area is 128 Å². The summed E-state index contributed by atoms with van der Waals surface area (Å²) in [6.45, 7) is 2.17. The maximum absolute atomic E-state index is 12.2. The lowest BCUT2D eigenvalue weighted by Crippen LogP contribution is -2.35. The number of fused-ring (bicyclic) bond motifs is 1. The second-order valence-electron chi connectivity index (χ2n) is 6.24. The fraction of sp³-hybridized carbons (Fsp3) is 0.412. The highest BCUT2D eigenvalue weighted by Gasteiger charge is 2.29. The molecule has 1 fully saturated rings. The number of aromatic nitrogens is 2. The van der Waals surface area contributed by atoms with E-state index >= 15 is 0 Å². The summed E-state index contributed by atoms with van der Waals surface area (Å²) in [6.07, 6.45) is 2.98. The first-order valence-corrected chi connectivity index (χ1v) is 7.82. The van der Waals surface area contributed by atoms with Crippen molar-refractivity contribution in [2.75, 3.05) is 6.54 Å². The summed E-state index contributed by atoms with van der Waals surface area (Å²) in [4.78, 5) is 22.1. The van der Waals surface area contributed by atoms with Crippen molar-refractivity contribution in [1.82, 2.24) is 14.9 Å². The van der Waals surface area contributed by atoms with Crippen LogP contribution in [0.15, 0.2) is 29.1 Å². The average molecular weight is 297 g/mol. The monoisotopic (exact) mass is 297 g/mol. The molecule has 4 rings (SSSR count). The Balaban J connectivity index is 1.58. The van der Waals surface area contributed by atoms with Crippen molar-refractivity contribution in [2.24, 2.45) is 0 Å². The van der Waals surface area contributed by atoms with Gasteiger partial charge in [-0.25, -0.2) is 4.98 Å². The molecular weight excluding hydrogens is 278 g/mol. The zero-order valence-electron chi connectivity index (χ0n) is 12.4. The SMILES string of the molecule is O=c1[nH]c(C2CC2)nc2c1CCN(Cc1ccccc1O)C2. The number of hydrogen-bond acceptors (Lipinski definition) is 4. The standard InChI is InChI=1S/C17H19N3O2/c21-15-4-2-1-3-12(15)9-20-8-7-13-14(10-20)18-16(11-5-6-11)19-17(13)22/h1-4,11,21H,5-10H2,(H,18,19,22). The van der Waals surface area contributed by atoms with Crippen molar-refractivity contribution in [3.05, 3.63) is 57.3 Å². The van der Waals surface area contributed by atoms with Crippen molar-refractivity contribution in [3.8, 4) is 5.75 Å². The molecular formula is C17H19N3O2. The number of nitrogens with zero attached hydrogens (tertiary/aromatic N) is 2. The number of phenolic OH excluding ortho intramolecular Hbond substituents is 1. The van der Waals surface area contributed by atoms with Gasteiger partial charge in [0.2, 0.25) is 0 Å². The highest BCUT2D eigenvalue weighted by Crippen LogP contribution is 2.37. The summed E-state index contributed by atoms with van der Waals surface area (Å²) in [5.41, 5.74) is 2.69. The lowest BCUT2D eigenvalue weighted by molar-refractivity contribution is 0.237. The fourth-order valence-corrected chi connectivity index (χ4v) is 3.08. The van der Waals surface area contributed by atoms with Gasteiger partial charge >= 0.3 is 0 Å². The van der Waals surface area contributed by atoms with Gasteiger partial charge in [0, 0.05) is 36.7 Å². The average Bonchev–Trinajstić information content (AvgIpc) is 3.34. The highest BCUT2D eigenvalue weighted by atomic mass is 16.3. The molecule has 2 N–H and O–H groups in total. The van der Waals surface area contributed by atoms with Gasteiger partial charge in [-0.1, -0.05) is 18.2 Å². The minimum atomic E-state index is 0.0362. The van der Waals surface area contributed by atoms with E-state index in [1.54, 1.807) is 6.07 Å². The Morgan fingerprint density at radius 3 is 2.91 bits per heavy atom. The number of para-hydroxylation sites is 1. The number of nitrogens with one attached hydrogen (secondary N) is 1. The topological polar surface area (TPSA) is 69.2 Å². The summed E-state index contributed by atoms with van der Waals surface area (Å²) < 4.78 is 0. The number of aromatic amines is 1. The first-order chi connectivity index (χ1) is 10.7. The summed E-state index contributed by atoms with van der Waals surface area (Å²) in [6, 6.07) is 7.40.